The first kappa shape index (κ1) is 21.1. The molecule has 0 aromatic heterocycles. The number of guanidine groups is 1. The Kier molecular flexibility index (Phi) is 6.17. The van der Waals surface area contributed by atoms with Gasteiger partial charge in [0.25, 0.3) is 0 Å². The fourth-order valence-electron chi connectivity index (χ4n) is 3.39. The van der Waals surface area contributed by atoms with Crippen molar-refractivity contribution in [3.8, 4) is 5.75 Å². The van der Waals surface area contributed by atoms with Crippen molar-refractivity contribution in [2.45, 2.75) is 20.4 Å². The molecule has 1 aliphatic rings. The van der Waals surface area contributed by atoms with Gasteiger partial charge < -0.3 is 4.74 Å². The van der Waals surface area contributed by atoms with Gasteiger partial charge in [0, 0.05) is 18.1 Å². The molecular weight excluding hydrogens is 402 g/mol. The molecule has 32 heavy (non-hydrogen) atoms. The lowest BCUT2D eigenvalue weighted by molar-refractivity contribution is -0.119. The molecule has 4 rings (SSSR count). The fraction of sp³-hybridized carbons (Fsp3) is 0.160. The fourth-order valence-corrected chi connectivity index (χ4v) is 3.39. The number of ether oxygens (including phenoxy) is 1. The van der Waals surface area contributed by atoms with Gasteiger partial charge in [-0.2, -0.15) is 5.10 Å². The Bertz CT molecular complexity index is 1170. The Labute approximate surface area is 187 Å². The third kappa shape index (κ3) is 4.78. The van der Waals surface area contributed by atoms with Gasteiger partial charge in [0.15, 0.2) is 0 Å². The number of aliphatic imine (C=N–C) groups is 1. The van der Waals surface area contributed by atoms with Gasteiger partial charge in [-0.05, 0) is 36.2 Å². The number of hydrogen-bond acceptors (Lipinski definition) is 6. The Morgan fingerprint density at radius 3 is 2.47 bits per heavy atom. The molecule has 1 aliphatic heterocycles. The van der Waals surface area contributed by atoms with Gasteiger partial charge in [-0.1, -0.05) is 54.6 Å². The molecular formula is C25H25N5O2. The second kappa shape index (κ2) is 9.34. The van der Waals surface area contributed by atoms with E-state index in [4.69, 9.17) is 14.8 Å². The molecule has 0 aliphatic carbocycles. The van der Waals surface area contributed by atoms with E-state index >= 15 is 0 Å². The highest BCUT2D eigenvalue weighted by Gasteiger charge is 2.22. The maximum Gasteiger partial charge on any atom is 0.239 e. The molecule has 0 saturated carbocycles. The minimum atomic E-state index is -0.224. The van der Waals surface area contributed by atoms with E-state index in [0.717, 1.165) is 39.4 Å². The van der Waals surface area contributed by atoms with Gasteiger partial charge in [0.1, 0.15) is 11.5 Å². The predicted octanol–water partition coefficient (Wildman–Crippen LogP) is 3.90. The third-order valence-electron chi connectivity index (χ3n) is 4.99. The number of fused-ring (bicyclic) bond motifs is 1. The van der Waals surface area contributed by atoms with Crippen molar-refractivity contribution >= 4 is 23.3 Å². The summed E-state index contributed by atoms with van der Waals surface area (Å²) in [4.78, 5) is 16.4. The summed E-state index contributed by atoms with van der Waals surface area (Å²) in [6, 6.07) is 23.9. The van der Waals surface area contributed by atoms with Crippen LogP contribution >= 0.6 is 0 Å². The Morgan fingerprint density at radius 2 is 1.78 bits per heavy atom. The van der Waals surface area contributed by atoms with Crippen LogP contribution in [0.15, 0.2) is 82.9 Å². The van der Waals surface area contributed by atoms with Gasteiger partial charge in [-0.15, -0.1) is 0 Å². The summed E-state index contributed by atoms with van der Waals surface area (Å²) in [7, 11) is 1.64. The second-order valence-electron chi connectivity index (χ2n) is 7.48. The molecule has 1 amide bonds. The monoisotopic (exact) mass is 427 g/mol. The number of nitrogens with one attached hydrogen (secondary N) is 2. The highest BCUT2D eigenvalue weighted by Crippen LogP contribution is 2.28. The number of rotatable bonds is 4. The van der Waals surface area contributed by atoms with Gasteiger partial charge in [-0.3, -0.25) is 15.6 Å². The van der Waals surface area contributed by atoms with Crippen LogP contribution in [0.5, 0.6) is 5.75 Å². The summed E-state index contributed by atoms with van der Waals surface area (Å²) in [5.74, 6) is 0.984. The number of hydrazone groups is 1. The largest absolute Gasteiger partial charge is 0.497 e. The molecule has 0 saturated heterocycles. The van der Waals surface area contributed by atoms with E-state index in [1.54, 1.807) is 12.1 Å². The summed E-state index contributed by atoms with van der Waals surface area (Å²) >= 11 is 0. The van der Waals surface area contributed by atoms with Crippen molar-refractivity contribution in [2.24, 2.45) is 10.1 Å². The lowest BCUT2D eigenvalue weighted by atomic mass is 9.99. The van der Waals surface area contributed by atoms with Crippen LogP contribution in [0.1, 0.15) is 29.2 Å². The minimum absolute atomic E-state index is 0.224. The lowest BCUT2D eigenvalue weighted by Crippen LogP contribution is -2.47. The molecule has 3 aromatic carbocycles. The molecule has 0 bridgehead atoms. The number of hydrazine groups is 1. The van der Waals surface area contributed by atoms with Gasteiger partial charge in [0.2, 0.25) is 11.9 Å². The number of hydrogen-bond donors (Lipinski definition) is 2. The van der Waals surface area contributed by atoms with Crippen molar-refractivity contribution in [3.63, 3.8) is 0 Å². The molecule has 0 fully saturated rings. The molecule has 7 nitrogen and oxygen atoms in total. The van der Waals surface area contributed by atoms with Gasteiger partial charge in [0.05, 0.1) is 19.3 Å². The van der Waals surface area contributed by atoms with E-state index < -0.39 is 0 Å². The highest BCUT2D eigenvalue weighted by atomic mass is 16.5. The molecule has 3 aromatic rings. The average Bonchev–Trinajstić information content (AvgIpc) is 2.95. The highest BCUT2D eigenvalue weighted by molar-refractivity contribution is 6.16. The van der Waals surface area contributed by atoms with Crippen LogP contribution in [-0.4, -0.2) is 29.7 Å². The first-order chi connectivity index (χ1) is 15.5. The SMILES string of the molecule is COc1ccc(CN2N=C(c3ccccc3)c3ccc(C)cc3N=C2NNC(C)=O)cc1. The molecule has 0 unspecified atom stereocenters. The van der Waals surface area contributed by atoms with Crippen LogP contribution < -0.4 is 15.6 Å². The Morgan fingerprint density at radius 1 is 1.03 bits per heavy atom. The Hall–Kier alpha value is -4.13. The number of carbonyl (C=O) groups is 1. The maximum absolute atomic E-state index is 11.6. The first-order valence-corrected chi connectivity index (χ1v) is 10.3. The predicted molar refractivity (Wildman–Crippen MR) is 126 cm³/mol. The van der Waals surface area contributed by atoms with Crippen molar-refractivity contribution < 1.29 is 9.53 Å². The Balaban J connectivity index is 1.82. The van der Waals surface area contributed by atoms with E-state index in [1.165, 1.54) is 6.92 Å². The van der Waals surface area contributed by atoms with E-state index in [1.807, 2.05) is 79.7 Å². The van der Waals surface area contributed by atoms with Crippen LogP contribution in [0, 0.1) is 6.92 Å². The number of carbonyl (C=O) groups excluding carboxylic acids is 1. The zero-order chi connectivity index (χ0) is 22.5. The smallest absolute Gasteiger partial charge is 0.239 e. The third-order valence-corrected chi connectivity index (χ3v) is 4.99. The second-order valence-corrected chi connectivity index (χ2v) is 7.48. The summed E-state index contributed by atoms with van der Waals surface area (Å²) < 4.78 is 5.27. The van der Waals surface area contributed by atoms with Crippen LogP contribution in [0.4, 0.5) is 5.69 Å². The summed E-state index contributed by atoms with van der Waals surface area (Å²) in [5.41, 5.74) is 11.1. The first-order valence-electron chi connectivity index (χ1n) is 10.3. The van der Waals surface area contributed by atoms with Crippen LogP contribution in [-0.2, 0) is 11.3 Å². The van der Waals surface area contributed by atoms with Crippen molar-refractivity contribution in [1.82, 2.24) is 15.9 Å². The van der Waals surface area contributed by atoms with E-state index in [2.05, 4.69) is 10.9 Å². The maximum atomic E-state index is 11.6. The van der Waals surface area contributed by atoms with E-state index in [-0.39, 0.29) is 5.91 Å². The lowest BCUT2D eigenvalue weighted by Gasteiger charge is -2.22. The summed E-state index contributed by atoms with van der Waals surface area (Å²) in [6.45, 7) is 3.91. The quantitative estimate of drug-likeness (QED) is 0.619. The number of benzene rings is 3. The topological polar surface area (TPSA) is 78.3 Å². The van der Waals surface area contributed by atoms with E-state index in [9.17, 15) is 4.79 Å². The standard InChI is InChI=1S/C25H25N5O2/c1-17-9-14-22-23(15-17)26-25(28-27-18(2)31)30(16-19-10-12-21(32-3)13-11-19)29-24(22)20-7-5-4-6-8-20/h4-15H,16H2,1-3H3,(H,26,28)(H,27,31). The van der Waals surface area contributed by atoms with Crippen LogP contribution in [0.3, 0.4) is 0 Å². The molecule has 2 N–H and O–H groups in total. The number of nitrogens with zero attached hydrogens (tertiary/aromatic N) is 3. The zero-order valence-corrected chi connectivity index (χ0v) is 18.3. The molecule has 7 heteroatoms. The van der Waals surface area contributed by atoms with Crippen LogP contribution in [0.2, 0.25) is 0 Å². The van der Waals surface area contributed by atoms with E-state index in [0.29, 0.717) is 12.5 Å². The zero-order valence-electron chi connectivity index (χ0n) is 18.3. The van der Waals surface area contributed by atoms with Crippen LogP contribution in [0.25, 0.3) is 0 Å². The summed E-state index contributed by atoms with van der Waals surface area (Å²) in [5, 5.41) is 6.75. The minimum Gasteiger partial charge on any atom is -0.497 e. The average molecular weight is 428 g/mol. The van der Waals surface area contributed by atoms with Crippen molar-refractivity contribution in [3.05, 3.63) is 95.1 Å². The summed E-state index contributed by atoms with van der Waals surface area (Å²) in [6.07, 6.45) is 0. The molecule has 0 radical (unpaired) electrons. The van der Waals surface area contributed by atoms with Gasteiger partial charge >= 0.3 is 0 Å². The number of methoxy groups -OCH3 is 1. The molecule has 162 valence electrons. The molecule has 1 heterocycles. The van der Waals surface area contributed by atoms with Crippen molar-refractivity contribution in [2.75, 3.05) is 7.11 Å². The van der Waals surface area contributed by atoms with Gasteiger partial charge in [-0.25, -0.2) is 10.0 Å². The number of aryl methyl sites for hydroxylation is 1. The van der Waals surface area contributed by atoms with Crippen molar-refractivity contribution in [1.29, 1.82) is 0 Å². The normalized spacial score (nSPS) is 12.8. The molecule has 0 spiro atoms. The molecule has 0 atom stereocenters. The number of amides is 1.